The number of hydrogen-bond acceptors (Lipinski definition) is 3. The standard InChI is InChI=1S/C18H24O2S/c1-7-14(10-8-9-11-21-6)20-17(19)16-15(12-13(2)3)18(16,4)5/h1,12,14-16H,9,11H2,2-6H3. The predicted molar refractivity (Wildman–Crippen MR) is 89.7 cm³/mol. The Labute approximate surface area is 133 Å². The third-order valence-corrected chi connectivity index (χ3v) is 4.34. The molecule has 0 saturated heterocycles. The molecule has 1 aliphatic rings. The van der Waals surface area contributed by atoms with Gasteiger partial charge in [0.25, 0.3) is 0 Å². The molecule has 0 aromatic carbocycles. The fourth-order valence-corrected chi connectivity index (χ4v) is 2.72. The van der Waals surface area contributed by atoms with Gasteiger partial charge in [-0.25, -0.2) is 0 Å². The van der Waals surface area contributed by atoms with E-state index < -0.39 is 6.10 Å². The van der Waals surface area contributed by atoms with Crippen molar-refractivity contribution >= 4 is 17.7 Å². The predicted octanol–water partition coefficient (Wildman–Crippen LogP) is 3.53. The lowest BCUT2D eigenvalue weighted by atomic mass is 10.1. The summed E-state index contributed by atoms with van der Waals surface area (Å²) < 4.78 is 5.37. The van der Waals surface area contributed by atoms with E-state index in [1.54, 1.807) is 11.8 Å². The summed E-state index contributed by atoms with van der Waals surface area (Å²) in [6.45, 7) is 8.24. The second-order valence-electron chi connectivity index (χ2n) is 6.12. The van der Waals surface area contributed by atoms with E-state index in [-0.39, 0.29) is 23.2 Å². The maximum Gasteiger partial charge on any atom is 0.312 e. The maximum absolute atomic E-state index is 12.3. The van der Waals surface area contributed by atoms with Crippen LogP contribution in [0.4, 0.5) is 0 Å². The molecule has 0 spiro atoms. The van der Waals surface area contributed by atoms with Crippen LogP contribution < -0.4 is 0 Å². The van der Waals surface area contributed by atoms with E-state index in [2.05, 4.69) is 37.7 Å². The number of rotatable bonds is 5. The molecule has 0 aromatic heterocycles. The minimum atomic E-state index is -0.733. The fraction of sp³-hybridized carbons (Fsp3) is 0.611. The Hall–Kier alpha value is -1.32. The lowest BCUT2D eigenvalue weighted by Gasteiger charge is -2.07. The molecule has 3 heteroatoms. The average Bonchev–Trinajstić information content (AvgIpc) is 2.93. The summed E-state index contributed by atoms with van der Waals surface area (Å²) in [5.74, 6) is 9.09. The van der Waals surface area contributed by atoms with Crippen LogP contribution in [-0.4, -0.2) is 24.1 Å². The molecular weight excluding hydrogens is 280 g/mol. The van der Waals surface area contributed by atoms with Crippen LogP contribution in [0, 0.1) is 41.4 Å². The first-order valence-corrected chi connectivity index (χ1v) is 8.53. The summed E-state index contributed by atoms with van der Waals surface area (Å²) >= 11 is 1.73. The first-order valence-electron chi connectivity index (χ1n) is 7.13. The molecule has 0 aromatic rings. The van der Waals surface area contributed by atoms with Gasteiger partial charge in [-0.1, -0.05) is 31.4 Å². The van der Waals surface area contributed by atoms with Gasteiger partial charge < -0.3 is 4.74 Å². The number of terminal acetylenes is 1. The summed E-state index contributed by atoms with van der Waals surface area (Å²) in [6, 6.07) is 0. The highest BCUT2D eigenvalue weighted by molar-refractivity contribution is 7.98. The molecule has 0 aliphatic heterocycles. The van der Waals surface area contributed by atoms with Crippen LogP contribution in [0.3, 0.4) is 0 Å². The Morgan fingerprint density at radius 2 is 2.14 bits per heavy atom. The number of allylic oxidation sites excluding steroid dienone is 2. The van der Waals surface area contributed by atoms with Crippen molar-refractivity contribution in [1.82, 2.24) is 0 Å². The van der Waals surface area contributed by atoms with Crippen molar-refractivity contribution < 1.29 is 9.53 Å². The molecule has 2 nitrogen and oxygen atoms in total. The molecule has 21 heavy (non-hydrogen) atoms. The molecule has 0 heterocycles. The van der Waals surface area contributed by atoms with Gasteiger partial charge in [0.2, 0.25) is 6.10 Å². The van der Waals surface area contributed by atoms with Crippen LogP contribution in [0.25, 0.3) is 0 Å². The number of carbonyl (C=O) groups is 1. The van der Waals surface area contributed by atoms with Crippen molar-refractivity contribution in [1.29, 1.82) is 0 Å². The van der Waals surface area contributed by atoms with Crippen molar-refractivity contribution in [2.75, 3.05) is 12.0 Å². The first kappa shape index (κ1) is 17.7. The van der Waals surface area contributed by atoms with Gasteiger partial charge in [0, 0.05) is 12.2 Å². The Morgan fingerprint density at radius 3 is 2.67 bits per heavy atom. The molecule has 1 fully saturated rings. The van der Waals surface area contributed by atoms with E-state index in [0.717, 1.165) is 12.2 Å². The number of ether oxygens (including phenoxy) is 1. The second-order valence-corrected chi connectivity index (χ2v) is 7.10. The van der Waals surface area contributed by atoms with Gasteiger partial charge >= 0.3 is 5.97 Å². The SMILES string of the molecule is C#CC(C#CCCSC)OC(=O)C1C(C=C(C)C)C1(C)C. The largest absolute Gasteiger partial charge is 0.437 e. The minimum absolute atomic E-state index is 0.0558. The van der Waals surface area contributed by atoms with Crippen molar-refractivity contribution in [2.45, 2.75) is 40.2 Å². The molecule has 1 saturated carbocycles. The van der Waals surface area contributed by atoms with Crippen molar-refractivity contribution in [3.8, 4) is 24.2 Å². The highest BCUT2D eigenvalue weighted by Gasteiger charge is 2.61. The maximum atomic E-state index is 12.3. The first-order chi connectivity index (χ1) is 9.84. The minimum Gasteiger partial charge on any atom is -0.437 e. The Balaban J connectivity index is 2.62. The van der Waals surface area contributed by atoms with Crippen molar-refractivity contribution in [3.05, 3.63) is 11.6 Å². The van der Waals surface area contributed by atoms with Crippen LogP contribution in [0.1, 0.15) is 34.1 Å². The summed E-state index contributed by atoms with van der Waals surface area (Å²) in [5, 5.41) is 0. The van der Waals surface area contributed by atoms with Crippen molar-refractivity contribution in [2.24, 2.45) is 17.3 Å². The monoisotopic (exact) mass is 304 g/mol. The second kappa shape index (κ2) is 7.62. The molecule has 114 valence electrons. The zero-order valence-corrected chi connectivity index (χ0v) is 14.3. The van der Waals surface area contributed by atoms with Crippen LogP contribution in [0.2, 0.25) is 0 Å². The molecule has 0 bridgehead atoms. The van der Waals surface area contributed by atoms with E-state index in [4.69, 9.17) is 11.2 Å². The molecule has 0 N–H and O–H groups in total. The number of hydrogen-bond donors (Lipinski definition) is 0. The molecule has 0 amide bonds. The highest BCUT2D eigenvalue weighted by atomic mass is 32.2. The molecule has 0 radical (unpaired) electrons. The van der Waals surface area contributed by atoms with Gasteiger partial charge in [0.05, 0.1) is 5.92 Å². The van der Waals surface area contributed by atoms with E-state index in [1.165, 1.54) is 5.57 Å². The molecule has 3 atom stereocenters. The molecule has 1 aliphatic carbocycles. The van der Waals surface area contributed by atoms with Gasteiger partial charge in [-0.05, 0) is 43.3 Å². The van der Waals surface area contributed by atoms with Gasteiger partial charge in [-0.2, -0.15) is 11.8 Å². The smallest absolute Gasteiger partial charge is 0.312 e. The van der Waals surface area contributed by atoms with Crippen LogP contribution in [0.15, 0.2) is 11.6 Å². The van der Waals surface area contributed by atoms with E-state index in [1.807, 2.05) is 20.1 Å². The fourth-order valence-electron chi connectivity index (χ4n) is 2.41. The normalized spacial score (nSPS) is 23.0. The van der Waals surface area contributed by atoms with Crippen molar-refractivity contribution in [3.63, 3.8) is 0 Å². The lowest BCUT2D eigenvalue weighted by molar-refractivity contribution is -0.147. The molecular formula is C18H24O2S. The van der Waals surface area contributed by atoms with Gasteiger partial charge in [-0.15, -0.1) is 6.42 Å². The average molecular weight is 304 g/mol. The van der Waals surface area contributed by atoms with E-state index >= 15 is 0 Å². The molecule has 1 rings (SSSR count). The highest BCUT2D eigenvalue weighted by Crippen LogP contribution is 2.59. The van der Waals surface area contributed by atoms with Gasteiger partial charge in [0.15, 0.2) is 0 Å². The number of thioether (sulfide) groups is 1. The third kappa shape index (κ3) is 4.87. The third-order valence-electron chi connectivity index (χ3n) is 3.73. The Kier molecular flexibility index (Phi) is 6.43. The van der Waals surface area contributed by atoms with E-state index in [0.29, 0.717) is 0 Å². The molecule has 3 unspecified atom stereocenters. The number of esters is 1. The van der Waals surface area contributed by atoms with Crippen LogP contribution >= 0.6 is 11.8 Å². The van der Waals surface area contributed by atoms with E-state index in [9.17, 15) is 4.79 Å². The summed E-state index contributed by atoms with van der Waals surface area (Å²) in [4.78, 5) is 12.3. The summed E-state index contributed by atoms with van der Waals surface area (Å²) in [6.07, 6.45) is 9.58. The zero-order chi connectivity index (χ0) is 16.0. The Bertz CT molecular complexity index is 510. The summed E-state index contributed by atoms with van der Waals surface area (Å²) in [5.41, 5.74) is 1.16. The number of carbonyl (C=O) groups excluding carboxylic acids is 1. The summed E-state index contributed by atoms with van der Waals surface area (Å²) in [7, 11) is 0. The zero-order valence-electron chi connectivity index (χ0n) is 13.5. The quantitative estimate of drug-likeness (QED) is 0.336. The Morgan fingerprint density at radius 1 is 1.48 bits per heavy atom. The van der Waals surface area contributed by atoms with Crippen LogP contribution in [-0.2, 0) is 9.53 Å². The lowest BCUT2D eigenvalue weighted by Crippen LogP contribution is -2.18. The van der Waals surface area contributed by atoms with Crippen LogP contribution in [0.5, 0.6) is 0 Å². The van der Waals surface area contributed by atoms with Gasteiger partial charge in [0.1, 0.15) is 0 Å². The van der Waals surface area contributed by atoms with Gasteiger partial charge in [-0.3, -0.25) is 4.79 Å². The topological polar surface area (TPSA) is 26.3 Å².